The van der Waals surface area contributed by atoms with Crippen LogP contribution >= 0.6 is 0 Å². The quantitative estimate of drug-likeness (QED) is 0.699. The van der Waals surface area contributed by atoms with Crippen molar-refractivity contribution in [2.24, 2.45) is 0 Å². The first-order valence-corrected chi connectivity index (χ1v) is 8.53. The molecule has 27 heavy (non-hydrogen) atoms. The summed E-state index contributed by atoms with van der Waals surface area (Å²) in [5, 5.41) is 14.4. The smallest absolute Gasteiger partial charge is 0.335 e. The third-order valence-corrected chi connectivity index (χ3v) is 4.00. The van der Waals surface area contributed by atoms with Crippen LogP contribution in [-0.2, 0) is 11.3 Å². The molecular formula is C20H23N3O4. The highest BCUT2D eigenvalue weighted by Crippen LogP contribution is 2.17. The Morgan fingerprint density at radius 1 is 1.07 bits per heavy atom. The Morgan fingerprint density at radius 3 is 2.44 bits per heavy atom. The van der Waals surface area contributed by atoms with Crippen LogP contribution in [-0.4, -0.2) is 41.5 Å². The normalized spacial score (nSPS) is 10.1. The molecular weight excluding hydrogens is 346 g/mol. The van der Waals surface area contributed by atoms with Crippen molar-refractivity contribution in [2.45, 2.75) is 19.9 Å². The number of carbonyl (C=O) groups is 3. The number of rotatable bonds is 7. The molecule has 0 aliphatic heterocycles. The summed E-state index contributed by atoms with van der Waals surface area (Å²) in [5.41, 5.74) is 2.33. The second kappa shape index (κ2) is 9.38. The number of hydrogen-bond donors (Lipinski definition) is 3. The first-order chi connectivity index (χ1) is 12.9. The van der Waals surface area contributed by atoms with Gasteiger partial charge in [0, 0.05) is 32.2 Å². The summed E-state index contributed by atoms with van der Waals surface area (Å²) in [6, 6.07) is 13.9. The number of aromatic carboxylic acids is 1. The number of amides is 3. The highest BCUT2D eigenvalue weighted by molar-refractivity contribution is 5.95. The molecule has 0 aliphatic rings. The van der Waals surface area contributed by atoms with Gasteiger partial charge in [-0.1, -0.05) is 36.4 Å². The van der Waals surface area contributed by atoms with E-state index in [4.69, 9.17) is 5.11 Å². The van der Waals surface area contributed by atoms with Crippen molar-refractivity contribution in [3.05, 3.63) is 65.2 Å². The second-order valence-electron chi connectivity index (χ2n) is 6.21. The number of anilines is 1. The number of carboxylic acids is 1. The van der Waals surface area contributed by atoms with Crippen LogP contribution in [0.2, 0.25) is 0 Å². The first kappa shape index (κ1) is 20.0. The van der Waals surface area contributed by atoms with Crippen LogP contribution in [0.3, 0.4) is 0 Å². The van der Waals surface area contributed by atoms with Gasteiger partial charge in [0.15, 0.2) is 0 Å². The molecule has 0 saturated heterocycles. The van der Waals surface area contributed by atoms with Gasteiger partial charge in [-0.15, -0.1) is 0 Å². The van der Waals surface area contributed by atoms with Crippen LogP contribution in [0.5, 0.6) is 0 Å². The lowest BCUT2D eigenvalue weighted by molar-refractivity contribution is -0.116. The molecule has 0 fully saturated rings. The summed E-state index contributed by atoms with van der Waals surface area (Å²) in [7, 11) is 1.68. The van der Waals surface area contributed by atoms with Gasteiger partial charge < -0.3 is 20.6 Å². The number of carbonyl (C=O) groups excluding carboxylic acids is 2. The average molecular weight is 369 g/mol. The van der Waals surface area contributed by atoms with Crippen molar-refractivity contribution in [1.82, 2.24) is 10.2 Å². The Bertz CT molecular complexity index is 821. The number of benzene rings is 2. The molecule has 3 amide bonds. The summed E-state index contributed by atoms with van der Waals surface area (Å²) >= 11 is 0. The predicted octanol–water partition coefficient (Wildman–Crippen LogP) is 2.86. The van der Waals surface area contributed by atoms with Gasteiger partial charge >= 0.3 is 12.0 Å². The van der Waals surface area contributed by atoms with Crippen molar-refractivity contribution in [2.75, 3.05) is 18.9 Å². The van der Waals surface area contributed by atoms with Crippen LogP contribution in [0.1, 0.15) is 27.9 Å². The molecule has 2 aromatic rings. The first-order valence-electron chi connectivity index (χ1n) is 8.53. The molecule has 142 valence electrons. The molecule has 3 N–H and O–H groups in total. The minimum Gasteiger partial charge on any atom is -0.478 e. The van der Waals surface area contributed by atoms with Gasteiger partial charge in [-0.05, 0) is 30.2 Å². The van der Waals surface area contributed by atoms with E-state index in [2.05, 4.69) is 10.6 Å². The Morgan fingerprint density at radius 2 is 1.78 bits per heavy atom. The molecule has 0 atom stereocenters. The number of nitrogens with one attached hydrogen (secondary N) is 2. The highest BCUT2D eigenvalue weighted by Gasteiger charge is 2.11. The Labute approximate surface area is 158 Å². The standard InChI is InChI=1S/C20H23N3O4/c1-14-8-9-16(19(25)26)12-17(14)22-18(24)10-11-21-20(27)23(2)13-15-6-4-3-5-7-15/h3-9,12H,10-11,13H2,1-2H3,(H,21,27)(H,22,24)(H,25,26). The molecule has 0 radical (unpaired) electrons. The molecule has 0 spiro atoms. The van der Waals surface area contributed by atoms with E-state index < -0.39 is 5.97 Å². The largest absolute Gasteiger partial charge is 0.478 e. The zero-order chi connectivity index (χ0) is 19.8. The van der Waals surface area contributed by atoms with Gasteiger partial charge in [-0.25, -0.2) is 9.59 Å². The molecule has 7 nitrogen and oxygen atoms in total. The van der Waals surface area contributed by atoms with Crippen molar-refractivity contribution in [3.63, 3.8) is 0 Å². The number of urea groups is 1. The Kier molecular flexibility index (Phi) is 6.93. The van der Waals surface area contributed by atoms with E-state index in [0.717, 1.165) is 11.1 Å². The van der Waals surface area contributed by atoms with E-state index in [0.29, 0.717) is 12.2 Å². The van der Waals surface area contributed by atoms with Crippen LogP contribution in [0.25, 0.3) is 0 Å². The Hall–Kier alpha value is -3.35. The maximum atomic E-state index is 12.1. The zero-order valence-corrected chi connectivity index (χ0v) is 15.4. The van der Waals surface area contributed by atoms with E-state index in [1.54, 1.807) is 20.0 Å². The SMILES string of the molecule is Cc1ccc(C(=O)O)cc1NC(=O)CCNC(=O)N(C)Cc1ccccc1. The predicted molar refractivity (Wildman–Crippen MR) is 103 cm³/mol. The van der Waals surface area contributed by atoms with Gasteiger partial charge in [-0.2, -0.15) is 0 Å². The summed E-state index contributed by atoms with van der Waals surface area (Å²) < 4.78 is 0. The van der Waals surface area contributed by atoms with E-state index in [-0.39, 0.29) is 30.5 Å². The molecule has 0 heterocycles. The fourth-order valence-electron chi connectivity index (χ4n) is 2.45. The van der Waals surface area contributed by atoms with Crippen LogP contribution in [0.4, 0.5) is 10.5 Å². The van der Waals surface area contributed by atoms with Crippen molar-refractivity contribution < 1.29 is 19.5 Å². The second-order valence-corrected chi connectivity index (χ2v) is 6.21. The van der Waals surface area contributed by atoms with E-state index in [1.165, 1.54) is 17.0 Å². The fourth-order valence-corrected chi connectivity index (χ4v) is 2.45. The Balaban J connectivity index is 1.79. The number of hydrogen-bond acceptors (Lipinski definition) is 3. The minimum atomic E-state index is -1.06. The van der Waals surface area contributed by atoms with E-state index in [1.807, 2.05) is 30.3 Å². The molecule has 0 bridgehead atoms. The topological polar surface area (TPSA) is 98.7 Å². The lowest BCUT2D eigenvalue weighted by Gasteiger charge is -2.18. The van der Waals surface area contributed by atoms with Crippen molar-refractivity contribution >= 4 is 23.6 Å². The third kappa shape index (κ3) is 6.14. The summed E-state index contributed by atoms with van der Waals surface area (Å²) in [6.45, 7) is 2.43. The lowest BCUT2D eigenvalue weighted by Crippen LogP contribution is -2.38. The maximum Gasteiger partial charge on any atom is 0.335 e. The van der Waals surface area contributed by atoms with Crippen molar-refractivity contribution in [1.29, 1.82) is 0 Å². The highest BCUT2D eigenvalue weighted by atomic mass is 16.4. The number of aryl methyl sites for hydroxylation is 1. The lowest BCUT2D eigenvalue weighted by atomic mass is 10.1. The van der Waals surface area contributed by atoms with Gasteiger partial charge in [0.1, 0.15) is 0 Å². The monoisotopic (exact) mass is 369 g/mol. The van der Waals surface area contributed by atoms with E-state index in [9.17, 15) is 14.4 Å². The van der Waals surface area contributed by atoms with Crippen molar-refractivity contribution in [3.8, 4) is 0 Å². The molecule has 0 saturated carbocycles. The summed E-state index contributed by atoms with van der Waals surface area (Å²) in [4.78, 5) is 36.7. The van der Waals surface area contributed by atoms with Crippen LogP contribution in [0, 0.1) is 6.92 Å². The van der Waals surface area contributed by atoms with Gasteiger partial charge in [0.25, 0.3) is 0 Å². The molecule has 7 heteroatoms. The molecule has 2 rings (SSSR count). The van der Waals surface area contributed by atoms with Gasteiger partial charge in [-0.3, -0.25) is 4.79 Å². The molecule has 2 aromatic carbocycles. The van der Waals surface area contributed by atoms with E-state index >= 15 is 0 Å². The number of carboxylic acid groups (broad SMARTS) is 1. The maximum absolute atomic E-state index is 12.1. The third-order valence-electron chi connectivity index (χ3n) is 4.00. The van der Waals surface area contributed by atoms with Gasteiger partial charge in [0.05, 0.1) is 5.56 Å². The summed E-state index contributed by atoms with van der Waals surface area (Å²) in [6.07, 6.45) is 0.0850. The minimum absolute atomic E-state index is 0.0850. The molecule has 0 unspecified atom stereocenters. The zero-order valence-electron chi connectivity index (χ0n) is 15.4. The fraction of sp³-hybridized carbons (Fsp3) is 0.250. The van der Waals surface area contributed by atoms with Crippen LogP contribution < -0.4 is 10.6 Å². The van der Waals surface area contributed by atoms with Gasteiger partial charge in [0.2, 0.25) is 5.91 Å². The average Bonchev–Trinajstić information content (AvgIpc) is 2.64. The number of nitrogens with zero attached hydrogens (tertiary/aromatic N) is 1. The summed E-state index contributed by atoms with van der Waals surface area (Å²) in [5.74, 6) is -1.36. The van der Waals surface area contributed by atoms with Crippen LogP contribution in [0.15, 0.2) is 48.5 Å². The molecule has 0 aliphatic carbocycles. The molecule has 0 aromatic heterocycles.